The van der Waals surface area contributed by atoms with Crippen LogP contribution in [0.4, 0.5) is 9.18 Å². The van der Waals surface area contributed by atoms with E-state index < -0.39 is 11.4 Å². The number of nitrogens with zero attached hydrogens (tertiary/aromatic N) is 4. The standard InChI is InChI=1S/C30H34ClFN4O3/c1-30(2,3)39-29(38)34-14-11-21(12-15-34)27-24(18-33-36(27)26-10-9-23(31)17-25(26)32)28(37)35-16-13-22(19-35)20-7-5-4-6-8-20/h4-10,17-18,21-22H,11-16,19H2,1-3H3/t22-/m0/s1. The van der Waals surface area contributed by atoms with Crippen LogP contribution in [0.25, 0.3) is 5.69 Å². The maximum Gasteiger partial charge on any atom is 0.410 e. The Kier molecular flexibility index (Phi) is 7.67. The van der Waals surface area contributed by atoms with Gasteiger partial charge in [-0.1, -0.05) is 41.9 Å². The Bertz CT molecular complexity index is 1350. The van der Waals surface area contributed by atoms with Crippen LogP contribution in [0, 0.1) is 5.82 Å². The Morgan fingerprint density at radius 1 is 0.974 bits per heavy atom. The molecule has 2 aliphatic rings. The van der Waals surface area contributed by atoms with Crippen LogP contribution < -0.4 is 0 Å². The molecule has 0 saturated carbocycles. The number of benzene rings is 2. The third-order valence-corrected chi connectivity index (χ3v) is 7.69. The molecular weight excluding hydrogens is 519 g/mol. The molecule has 0 aliphatic carbocycles. The summed E-state index contributed by atoms with van der Waals surface area (Å²) in [6, 6.07) is 14.7. The minimum Gasteiger partial charge on any atom is -0.444 e. The van der Waals surface area contributed by atoms with Crippen LogP contribution in [0.3, 0.4) is 0 Å². The zero-order valence-corrected chi connectivity index (χ0v) is 23.3. The number of halogens is 2. The Labute approximate surface area is 233 Å². The monoisotopic (exact) mass is 552 g/mol. The molecule has 0 N–H and O–H groups in total. The van der Waals surface area contributed by atoms with Crippen LogP contribution >= 0.6 is 11.6 Å². The lowest BCUT2D eigenvalue weighted by Crippen LogP contribution is -2.41. The molecule has 1 aromatic heterocycles. The molecule has 0 unspecified atom stereocenters. The van der Waals surface area contributed by atoms with Crippen molar-refractivity contribution in [1.29, 1.82) is 0 Å². The number of hydrogen-bond donors (Lipinski definition) is 0. The fraction of sp³-hybridized carbons (Fsp3) is 0.433. The molecule has 7 nitrogen and oxygen atoms in total. The van der Waals surface area contributed by atoms with Gasteiger partial charge in [-0.2, -0.15) is 5.10 Å². The maximum atomic E-state index is 15.0. The Morgan fingerprint density at radius 3 is 2.31 bits per heavy atom. The molecule has 2 fully saturated rings. The number of carbonyl (C=O) groups is 2. The van der Waals surface area contributed by atoms with E-state index in [4.69, 9.17) is 16.3 Å². The van der Waals surface area contributed by atoms with Crippen molar-refractivity contribution in [2.75, 3.05) is 26.2 Å². The van der Waals surface area contributed by atoms with Crippen molar-refractivity contribution in [3.8, 4) is 5.69 Å². The predicted molar refractivity (Wildman–Crippen MR) is 148 cm³/mol. The summed E-state index contributed by atoms with van der Waals surface area (Å²) >= 11 is 6.01. The van der Waals surface area contributed by atoms with Crippen LogP contribution in [-0.4, -0.2) is 63.4 Å². The zero-order valence-electron chi connectivity index (χ0n) is 22.6. The Morgan fingerprint density at radius 2 is 1.64 bits per heavy atom. The largest absolute Gasteiger partial charge is 0.444 e. The molecule has 2 saturated heterocycles. The quantitative estimate of drug-likeness (QED) is 0.375. The lowest BCUT2D eigenvalue weighted by atomic mass is 9.90. The SMILES string of the molecule is CC(C)(C)OC(=O)N1CCC(c2c(C(=O)N3CC[C@H](c4ccccc4)C3)cnn2-c2ccc(Cl)cc2F)CC1. The summed E-state index contributed by atoms with van der Waals surface area (Å²) in [5.41, 5.74) is 2.04. The number of ether oxygens (including phenoxy) is 1. The first-order valence-corrected chi connectivity index (χ1v) is 13.8. The smallest absolute Gasteiger partial charge is 0.410 e. The van der Waals surface area contributed by atoms with E-state index in [0.717, 1.165) is 6.42 Å². The summed E-state index contributed by atoms with van der Waals surface area (Å²) in [5, 5.41) is 4.79. The Balaban J connectivity index is 1.42. The van der Waals surface area contributed by atoms with Gasteiger partial charge in [0.2, 0.25) is 0 Å². The van der Waals surface area contributed by atoms with E-state index in [1.54, 1.807) is 23.2 Å². The highest BCUT2D eigenvalue weighted by Crippen LogP contribution is 2.35. The van der Waals surface area contributed by atoms with Gasteiger partial charge >= 0.3 is 6.09 Å². The molecule has 1 atom stereocenters. The Hall–Kier alpha value is -3.39. The van der Waals surface area contributed by atoms with Crippen LogP contribution in [-0.2, 0) is 4.74 Å². The molecule has 0 radical (unpaired) electrons. The first-order valence-electron chi connectivity index (χ1n) is 13.5. The third kappa shape index (κ3) is 5.96. The topological polar surface area (TPSA) is 67.7 Å². The lowest BCUT2D eigenvalue weighted by Gasteiger charge is -2.34. The van der Waals surface area contributed by atoms with E-state index in [0.29, 0.717) is 50.3 Å². The van der Waals surface area contributed by atoms with E-state index in [-0.39, 0.29) is 34.5 Å². The van der Waals surface area contributed by atoms with Gasteiger partial charge in [0.15, 0.2) is 0 Å². The molecule has 0 spiro atoms. The van der Waals surface area contributed by atoms with E-state index in [2.05, 4.69) is 17.2 Å². The second kappa shape index (κ2) is 11.0. The summed E-state index contributed by atoms with van der Waals surface area (Å²) in [6.07, 6.45) is 3.31. The van der Waals surface area contributed by atoms with Crippen molar-refractivity contribution in [2.45, 2.75) is 57.5 Å². The molecule has 2 amide bonds. The summed E-state index contributed by atoms with van der Waals surface area (Å²) in [4.78, 5) is 30.1. The van der Waals surface area contributed by atoms with E-state index in [1.807, 2.05) is 43.9 Å². The molecule has 9 heteroatoms. The van der Waals surface area contributed by atoms with Crippen LogP contribution in [0.15, 0.2) is 54.7 Å². The van der Waals surface area contributed by atoms with Crippen LogP contribution in [0.2, 0.25) is 5.02 Å². The summed E-state index contributed by atoms with van der Waals surface area (Å²) in [6.45, 7) is 7.75. The van der Waals surface area contributed by atoms with Gasteiger partial charge in [0.05, 0.1) is 17.5 Å². The summed E-state index contributed by atoms with van der Waals surface area (Å²) in [5.74, 6) is -0.423. The molecule has 3 heterocycles. The molecule has 3 aromatic rings. The van der Waals surface area contributed by atoms with Gasteiger partial charge in [-0.15, -0.1) is 0 Å². The van der Waals surface area contributed by atoms with Crippen molar-refractivity contribution < 1.29 is 18.7 Å². The molecule has 5 rings (SSSR count). The molecule has 206 valence electrons. The minimum absolute atomic E-state index is 0.0901. The highest BCUT2D eigenvalue weighted by Gasteiger charge is 2.35. The van der Waals surface area contributed by atoms with Crippen molar-refractivity contribution >= 4 is 23.6 Å². The number of likely N-dealkylation sites (tertiary alicyclic amines) is 2. The molecule has 0 bridgehead atoms. The zero-order chi connectivity index (χ0) is 27.7. The van der Waals surface area contributed by atoms with Gasteiger partial charge in [-0.25, -0.2) is 13.9 Å². The average molecular weight is 553 g/mol. The number of carbonyl (C=O) groups excluding carboxylic acids is 2. The van der Waals surface area contributed by atoms with Crippen molar-refractivity contribution in [1.82, 2.24) is 19.6 Å². The fourth-order valence-electron chi connectivity index (χ4n) is 5.53. The predicted octanol–water partition coefficient (Wildman–Crippen LogP) is 6.41. The summed E-state index contributed by atoms with van der Waals surface area (Å²) < 4.78 is 22.1. The average Bonchev–Trinajstić information content (AvgIpc) is 3.56. The van der Waals surface area contributed by atoms with Crippen molar-refractivity contribution in [3.63, 3.8) is 0 Å². The first kappa shape index (κ1) is 27.2. The van der Waals surface area contributed by atoms with Crippen LogP contribution in [0.5, 0.6) is 0 Å². The number of hydrogen-bond acceptors (Lipinski definition) is 4. The highest BCUT2D eigenvalue weighted by molar-refractivity contribution is 6.30. The van der Waals surface area contributed by atoms with E-state index >= 15 is 4.39 Å². The maximum absolute atomic E-state index is 15.0. The highest BCUT2D eigenvalue weighted by atomic mass is 35.5. The van der Waals surface area contributed by atoms with Crippen molar-refractivity contribution in [2.24, 2.45) is 0 Å². The number of aromatic nitrogens is 2. The minimum atomic E-state index is -0.578. The van der Waals surface area contributed by atoms with Crippen LogP contribution in [0.1, 0.15) is 73.5 Å². The normalized spacial score (nSPS) is 18.4. The molecule has 39 heavy (non-hydrogen) atoms. The van der Waals surface area contributed by atoms with Crippen molar-refractivity contribution in [3.05, 3.63) is 82.4 Å². The number of piperidine rings is 1. The van der Waals surface area contributed by atoms with E-state index in [9.17, 15) is 9.59 Å². The van der Waals surface area contributed by atoms with Gasteiger partial charge in [0.25, 0.3) is 5.91 Å². The third-order valence-electron chi connectivity index (χ3n) is 7.45. The first-order chi connectivity index (χ1) is 18.6. The van der Waals surface area contributed by atoms with Gasteiger partial charge < -0.3 is 14.5 Å². The number of rotatable bonds is 4. The lowest BCUT2D eigenvalue weighted by molar-refractivity contribution is 0.0203. The van der Waals surface area contributed by atoms with E-state index in [1.165, 1.54) is 16.3 Å². The molecule has 2 aliphatic heterocycles. The summed E-state index contributed by atoms with van der Waals surface area (Å²) in [7, 11) is 0. The molecule has 2 aromatic carbocycles. The fourth-order valence-corrected chi connectivity index (χ4v) is 5.69. The number of amides is 2. The second-order valence-corrected chi connectivity index (χ2v) is 11.8. The van der Waals surface area contributed by atoms with Gasteiger partial charge in [-0.05, 0) is 63.8 Å². The van der Waals surface area contributed by atoms with Gasteiger partial charge in [0, 0.05) is 43.0 Å². The molecular formula is C30H34ClFN4O3. The second-order valence-electron chi connectivity index (χ2n) is 11.3. The van der Waals surface area contributed by atoms with Gasteiger partial charge in [0.1, 0.15) is 17.1 Å². The van der Waals surface area contributed by atoms with Gasteiger partial charge in [-0.3, -0.25) is 4.79 Å².